The maximum atomic E-state index is 3.68. The maximum absolute atomic E-state index is 3.68. The van der Waals surface area contributed by atoms with Gasteiger partial charge >= 0.3 is 18.2 Å². The van der Waals surface area contributed by atoms with Crippen LogP contribution in [-0.4, -0.2) is 18.2 Å². The lowest BCUT2D eigenvalue weighted by molar-refractivity contribution is 1.86. The van der Waals surface area contributed by atoms with Gasteiger partial charge in [-0.05, 0) is 11.5 Å². The summed E-state index contributed by atoms with van der Waals surface area (Å²) >= 11 is 5.35. The van der Waals surface area contributed by atoms with E-state index in [2.05, 4.69) is 55.3 Å². The molecule has 0 unspecified atom stereocenters. The fraction of sp³-hybridized carbons (Fsp3) is 0. The highest BCUT2D eigenvalue weighted by atomic mass is 79.9. The van der Waals surface area contributed by atoms with E-state index in [-0.39, 0.29) is 18.2 Å². The van der Waals surface area contributed by atoms with Crippen LogP contribution in [0.25, 0.3) is 20.2 Å². The Balaban J connectivity index is 2.53. The van der Waals surface area contributed by atoms with E-state index in [1.807, 2.05) is 11.3 Å². The van der Waals surface area contributed by atoms with Crippen LogP contribution in [0.2, 0.25) is 0 Å². The van der Waals surface area contributed by atoms with Crippen molar-refractivity contribution in [3.05, 3.63) is 42.5 Å². The number of thiophene rings is 1. The Kier molecular flexibility index (Phi) is 2.73. The molecule has 3 aromatic rings. The summed E-state index contributed by atoms with van der Waals surface area (Å²) in [5.41, 5.74) is 0. The minimum atomic E-state index is -0.253. The van der Waals surface area contributed by atoms with Gasteiger partial charge < -0.3 is 0 Å². The molecular weight excluding hydrogens is 280 g/mol. The van der Waals surface area contributed by atoms with Gasteiger partial charge in [-0.15, -0.1) is 15.0 Å². The zero-order chi connectivity index (χ0) is 10.3. The summed E-state index contributed by atoms with van der Waals surface area (Å²) in [5, 5.41) is 2.81. The summed E-state index contributed by atoms with van der Waals surface area (Å²) in [5.74, 6) is 0. The van der Waals surface area contributed by atoms with E-state index in [0.717, 1.165) is 0 Å². The van der Waals surface area contributed by atoms with Crippen molar-refractivity contribution in [2.24, 2.45) is 0 Å². The number of rotatable bonds is 1. The Morgan fingerprint density at radius 2 is 1.73 bits per heavy atom. The van der Waals surface area contributed by atoms with Crippen LogP contribution in [-0.2, 0) is 0 Å². The van der Waals surface area contributed by atoms with Crippen molar-refractivity contribution in [3.63, 3.8) is 0 Å². The van der Waals surface area contributed by atoms with Gasteiger partial charge in [-0.1, -0.05) is 36.4 Å². The largest absolute Gasteiger partial charge is 0.509 e. The minimum Gasteiger partial charge on any atom is -0.296 e. The van der Waals surface area contributed by atoms with E-state index in [4.69, 9.17) is 0 Å². The van der Waals surface area contributed by atoms with E-state index in [1.165, 1.54) is 23.9 Å². The van der Waals surface area contributed by atoms with Crippen molar-refractivity contribution < 1.29 is 0 Å². The van der Waals surface area contributed by atoms with Crippen molar-refractivity contribution in [2.75, 3.05) is 0 Å². The first-order chi connectivity index (χ1) is 7.40. The molecule has 0 saturated heterocycles. The molecule has 3 heteroatoms. The van der Waals surface area contributed by atoms with Crippen LogP contribution >= 0.6 is 24.2 Å². The second kappa shape index (κ2) is 4.05. The summed E-state index contributed by atoms with van der Waals surface area (Å²) in [6, 6.07) is 15.3. The van der Waals surface area contributed by atoms with Crippen LogP contribution in [0.3, 0.4) is 0 Å². The number of fused-ring (bicyclic) bond motifs is 3. The average Bonchev–Trinajstić information content (AvgIpc) is 2.67. The molecule has 3 rings (SSSR count). The summed E-state index contributed by atoms with van der Waals surface area (Å²) in [7, 11) is 0. The predicted molar refractivity (Wildman–Crippen MR) is 73.6 cm³/mol. The number of halogens is 1. The molecule has 1 aromatic heterocycles. The van der Waals surface area contributed by atoms with Crippen molar-refractivity contribution in [2.45, 2.75) is 0 Å². The third-order valence-electron chi connectivity index (χ3n) is 2.63. The Labute approximate surface area is 108 Å². The second-order valence-corrected chi connectivity index (χ2v) is 7.29. The third kappa shape index (κ3) is 1.62. The molecule has 0 aliphatic rings. The normalized spacial score (nSPS) is 10.7. The summed E-state index contributed by atoms with van der Waals surface area (Å²) in [4.78, 5) is 0. The van der Waals surface area contributed by atoms with Gasteiger partial charge in [0.25, 0.3) is 0 Å². The van der Waals surface area contributed by atoms with Gasteiger partial charge in [0, 0.05) is 14.8 Å². The summed E-state index contributed by atoms with van der Waals surface area (Å²) < 4.78 is 4.39. The molecule has 0 fully saturated rings. The molecular formula is C12H7BrMgS. The molecule has 0 radical (unpaired) electrons. The molecule has 15 heavy (non-hydrogen) atoms. The Hall–Kier alpha value is -0.0938. The monoisotopic (exact) mass is 286 g/mol. The summed E-state index contributed by atoms with van der Waals surface area (Å²) in [6.45, 7) is 0. The van der Waals surface area contributed by atoms with E-state index >= 15 is 0 Å². The highest BCUT2D eigenvalue weighted by Crippen LogP contribution is 2.32. The molecule has 70 valence electrons. The standard InChI is InChI=1S/C12H7S.BrH.Mg/c1-3-7-11-9(5-1)10-6-2-4-8-12(10)13-11;;/h1-7H;1H;/q;;+1/p-1. The number of benzene rings is 2. The molecule has 1 heterocycles. The molecule has 0 spiro atoms. The molecule has 2 aromatic carbocycles. The lowest BCUT2D eigenvalue weighted by atomic mass is 10.1. The van der Waals surface area contributed by atoms with Crippen molar-refractivity contribution in [1.82, 2.24) is 0 Å². The van der Waals surface area contributed by atoms with Crippen molar-refractivity contribution in [3.8, 4) is 0 Å². The predicted octanol–water partition coefficient (Wildman–Crippen LogP) is 3.69. The molecule has 0 atom stereocenters. The van der Waals surface area contributed by atoms with E-state index in [9.17, 15) is 0 Å². The molecule has 0 nitrogen and oxygen atoms in total. The lowest BCUT2D eigenvalue weighted by Gasteiger charge is -1.96. The zero-order valence-electron chi connectivity index (χ0n) is 8.03. The molecule has 0 aliphatic heterocycles. The molecule has 0 N–H and O–H groups in total. The van der Waals surface area contributed by atoms with E-state index < -0.39 is 0 Å². The zero-order valence-corrected chi connectivity index (χ0v) is 11.9. The van der Waals surface area contributed by atoms with Crippen molar-refractivity contribution in [1.29, 1.82) is 0 Å². The first-order valence-corrected chi connectivity index (χ1v) is 10.3. The van der Waals surface area contributed by atoms with Gasteiger partial charge in [-0.25, -0.2) is 0 Å². The molecule has 0 amide bonds. The van der Waals surface area contributed by atoms with Gasteiger partial charge in [0.2, 0.25) is 0 Å². The fourth-order valence-corrected chi connectivity index (χ4v) is 5.98. The van der Waals surface area contributed by atoms with Crippen LogP contribution in [0.15, 0.2) is 42.5 Å². The molecule has 0 saturated carbocycles. The smallest absolute Gasteiger partial charge is 0.296 e. The highest BCUT2D eigenvalue weighted by Gasteiger charge is 2.07. The molecule has 0 aliphatic carbocycles. The van der Waals surface area contributed by atoms with E-state index in [1.54, 1.807) is 0 Å². The first kappa shape index (κ1) is 10.1. The van der Waals surface area contributed by atoms with Crippen LogP contribution in [0.1, 0.15) is 0 Å². The Morgan fingerprint density at radius 3 is 2.60 bits per heavy atom. The van der Waals surface area contributed by atoms with Crippen LogP contribution < -0.4 is 3.69 Å². The summed E-state index contributed by atoms with van der Waals surface area (Å²) in [6.07, 6.45) is 0. The Bertz CT molecular complexity index is 630. The van der Waals surface area contributed by atoms with E-state index in [0.29, 0.717) is 0 Å². The molecule has 0 bridgehead atoms. The highest BCUT2D eigenvalue weighted by molar-refractivity contribution is 9.23. The van der Waals surface area contributed by atoms with Crippen LogP contribution in [0.5, 0.6) is 0 Å². The third-order valence-corrected chi connectivity index (χ3v) is 6.84. The fourth-order valence-electron chi connectivity index (χ4n) is 1.91. The minimum absolute atomic E-state index is 0.253. The van der Waals surface area contributed by atoms with Crippen LogP contribution in [0, 0.1) is 0 Å². The van der Waals surface area contributed by atoms with Crippen LogP contribution in [0.4, 0.5) is 0 Å². The first-order valence-electron chi connectivity index (χ1n) is 4.85. The van der Waals surface area contributed by atoms with Gasteiger partial charge in [0.05, 0.1) is 0 Å². The lowest BCUT2D eigenvalue weighted by Crippen LogP contribution is -2.06. The van der Waals surface area contributed by atoms with Gasteiger partial charge in [-0.3, -0.25) is 12.9 Å². The quantitative estimate of drug-likeness (QED) is 0.599. The average molecular weight is 287 g/mol. The SMILES string of the molecule is [Br][Mg][c]1cccc2c1sc1ccccc12. The van der Waals surface area contributed by atoms with Gasteiger partial charge in [0.15, 0.2) is 0 Å². The number of hydrogen-bond acceptors (Lipinski definition) is 1. The van der Waals surface area contributed by atoms with Gasteiger partial charge in [0.1, 0.15) is 0 Å². The second-order valence-electron chi connectivity index (χ2n) is 3.53. The van der Waals surface area contributed by atoms with Crippen molar-refractivity contribution >= 4 is 66.3 Å². The van der Waals surface area contributed by atoms with Gasteiger partial charge in [-0.2, -0.15) is 0 Å². The number of hydrogen-bond donors (Lipinski definition) is 0. The maximum Gasteiger partial charge on any atom is 0.509 e. The Morgan fingerprint density at radius 1 is 0.933 bits per heavy atom. The topological polar surface area (TPSA) is 0 Å².